The molecule has 1 heterocycles. The van der Waals surface area contributed by atoms with Crippen molar-refractivity contribution < 1.29 is 0 Å². The molecule has 1 unspecified atom stereocenters. The highest BCUT2D eigenvalue weighted by molar-refractivity contribution is 8.00. The summed E-state index contributed by atoms with van der Waals surface area (Å²) in [6, 6.07) is 5.93. The van der Waals surface area contributed by atoms with Crippen LogP contribution in [0.15, 0.2) is 23.4 Å². The zero-order valence-electron chi connectivity index (χ0n) is 7.40. The second-order valence-corrected chi connectivity index (χ2v) is 3.89. The van der Waals surface area contributed by atoms with Gasteiger partial charge in [-0.25, -0.2) is 4.98 Å². The molecule has 0 radical (unpaired) electrons. The van der Waals surface area contributed by atoms with Crippen LogP contribution < -0.4 is 5.73 Å². The summed E-state index contributed by atoms with van der Waals surface area (Å²) in [6.45, 7) is 2.31. The third-order valence-corrected chi connectivity index (χ3v) is 2.59. The van der Waals surface area contributed by atoms with Gasteiger partial charge in [0.2, 0.25) is 0 Å². The van der Waals surface area contributed by atoms with E-state index in [4.69, 9.17) is 11.0 Å². The Morgan fingerprint density at radius 2 is 2.54 bits per heavy atom. The molecule has 0 spiro atoms. The van der Waals surface area contributed by atoms with Gasteiger partial charge in [-0.2, -0.15) is 5.26 Å². The molecule has 0 aliphatic heterocycles. The monoisotopic (exact) mass is 193 g/mol. The number of nitrogens with two attached hydrogens (primary N) is 1. The molecule has 0 saturated heterocycles. The summed E-state index contributed by atoms with van der Waals surface area (Å²) in [6.07, 6.45) is 1.71. The molecule has 0 amide bonds. The lowest BCUT2D eigenvalue weighted by atomic mass is 10.3. The smallest absolute Gasteiger partial charge is 0.102 e. The van der Waals surface area contributed by atoms with Gasteiger partial charge in [0.25, 0.3) is 0 Å². The molecular formula is C9H11N3S. The number of nitrogens with zero attached hydrogens (tertiary/aromatic N) is 2. The zero-order valence-corrected chi connectivity index (χ0v) is 8.21. The van der Waals surface area contributed by atoms with Crippen molar-refractivity contribution in [2.24, 2.45) is 5.73 Å². The van der Waals surface area contributed by atoms with Crippen LogP contribution in [0.5, 0.6) is 0 Å². The van der Waals surface area contributed by atoms with E-state index in [9.17, 15) is 0 Å². The predicted octanol–water partition coefficient (Wildman–Crippen LogP) is 1.54. The van der Waals surface area contributed by atoms with E-state index >= 15 is 0 Å². The maximum absolute atomic E-state index is 8.63. The van der Waals surface area contributed by atoms with Crippen molar-refractivity contribution in [2.75, 3.05) is 0 Å². The fourth-order valence-electron chi connectivity index (χ4n) is 0.879. The Hall–Kier alpha value is -1.05. The van der Waals surface area contributed by atoms with Gasteiger partial charge < -0.3 is 5.73 Å². The predicted molar refractivity (Wildman–Crippen MR) is 53.1 cm³/mol. The summed E-state index contributed by atoms with van der Waals surface area (Å²) in [5, 5.41) is 9.41. The Balaban J connectivity index is 2.82. The molecule has 0 saturated carbocycles. The summed E-state index contributed by atoms with van der Waals surface area (Å²) >= 11 is 1.44. The standard InChI is InChI=1S/C9H11N3S/c1-7(5-10)13-9-8(6-11)3-2-4-12-9/h2-4,7H,6,11H2,1H3. The first-order valence-electron chi connectivity index (χ1n) is 3.98. The summed E-state index contributed by atoms with van der Waals surface area (Å²) in [5.41, 5.74) is 6.53. The highest BCUT2D eigenvalue weighted by atomic mass is 32.2. The highest BCUT2D eigenvalue weighted by Crippen LogP contribution is 2.23. The van der Waals surface area contributed by atoms with E-state index in [-0.39, 0.29) is 5.25 Å². The van der Waals surface area contributed by atoms with Crippen molar-refractivity contribution in [3.8, 4) is 6.07 Å². The Morgan fingerprint density at radius 3 is 3.15 bits per heavy atom. The van der Waals surface area contributed by atoms with E-state index in [2.05, 4.69) is 11.1 Å². The summed E-state index contributed by atoms with van der Waals surface area (Å²) in [4.78, 5) is 4.17. The number of pyridine rings is 1. The SMILES string of the molecule is CC(C#N)Sc1ncccc1CN. The first-order valence-corrected chi connectivity index (χ1v) is 4.86. The Bertz CT molecular complexity index is 319. The van der Waals surface area contributed by atoms with E-state index in [1.165, 1.54) is 11.8 Å². The minimum absolute atomic E-state index is 0.0831. The molecule has 1 aromatic rings. The van der Waals surface area contributed by atoms with Crippen molar-refractivity contribution in [1.29, 1.82) is 5.26 Å². The van der Waals surface area contributed by atoms with Crippen molar-refractivity contribution in [1.82, 2.24) is 4.98 Å². The number of hydrogen-bond acceptors (Lipinski definition) is 4. The molecule has 3 nitrogen and oxygen atoms in total. The van der Waals surface area contributed by atoms with Gasteiger partial charge in [0.05, 0.1) is 11.3 Å². The van der Waals surface area contributed by atoms with Gasteiger partial charge >= 0.3 is 0 Å². The Kier molecular flexibility index (Phi) is 3.74. The second-order valence-electron chi connectivity index (χ2n) is 2.56. The van der Waals surface area contributed by atoms with Gasteiger partial charge in [-0.15, -0.1) is 0 Å². The third kappa shape index (κ3) is 2.72. The molecule has 2 N–H and O–H groups in total. The van der Waals surface area contributed by atoms with Crippen LogP contribution >= 0.6 is 11.8 Å². The van der Waals surface area contributed by atoms with E-state index in [0.717, 1.165) is 10.6 Å². The van der Waals surface area contributed by atoms with Crippen LogP contribution in [0.3, 0.4) is 0 Å². The lowest BCUT2D eigenvalue weighted by Crippen LogP contribution is -2.01. The van der Waals surface area contributed by atoms with Gasteiger partial charge in [0.15, 0.2) is 0 Å². The molecule has 1 aromatic heterocycles. The van der Waals surface area contributed by atoms with Crippen molar-refractivity contribution >= 4 is 11.8 Å². The highest BCUT2D eigenvalue weighted by Gasteiger charge is 2.06. The summed E-state index contributed by atoms with van der Waals surface area (Å²) in [5.74, 6) is 0. The van der Waals surface area contributed by atoms with Crippen molar-refractivity contribution in [2.45, 2.75) is 23.7 Å². The van der Waals surface area contributed by atoms with Crippen LogP contribution in [-0.2, 0) is 6.54 Å². The maximum atomic E-state index is 8.63. The molecule has 1 atom stereocenters. The summed E-state index contributed by atoms with van der Waals surface area (Å²) in [7, 11) is 0. The summed E-state index contributed by atoms with van der Waals surface area (Å²) < 4.78 is 0. The topological polar surface area (TPSA) is 62.7 Å². The largest absolute Gasteiger partial charge is 0.326 e. The van der Waals surface area contributed by atoms with Gasteiger partial charge in [-0.3, -0.25) is 0 Å². The van der Waals surface area contributed by atoms with Crippen LogP contribution in [0.1, 0.15) is 12.5 Å². The first kappa shape index (κ1) is 10.0. The average Bonchev–Trinajstić information content (AvgIpc) is 2.18. The van der Waals surface area contributed by atoms with Gasteiger partial charge in [-0.1, -0.05) is 17.8 Å². The molecule has 1 rings (SSSR count). The number of rotatable bonds is 3. The lowest BCUT2D eigenvalue weighted by molar-refractivity contribution is 0.960. The molecule has 0 bridgehead atoms. The van der Waals surface area contributed by atoms with Crippen LogP contribution in [0.25, 0.3) is 0 Å². The molecule has 13 heavy (non-hydrogen) atoms. The second kappa shape index (κ2) is 4.85. The van der Waals surface area contributed by atoms with E-state index in [0.29, 0.717) is 6.54 Å². The maximum Gasteiger partial charge on any atom is 0.102 e. The minimum Gasteiger partial charge on any atom is -0.326 e. The van der Waals surface area contributed by atoms with Gasteiger partial charge in [-0.05, 0) is 18.6 Å². The van der Waals surface area contributed by atoms with Crippen molar-refractivity contribution in [3.05, 3.63) is 23.9 Å². The first-order chi connectivity index (χ1) is 6.27. The zero-order chi connectivity index (χ0) is 9.68. The number of aromatic nitrogens is 1. The molecule has 0 aliphatic rings. The Labute approximate surface area is 82.0 Å². The molecule has 4 heteroatoms. The Morgan fingerprint density at radius 1 is 1.77 bits per heavy atom. The third-order valence-electron chi connectivity index (χ3n) is 1.54. The minimum atomic E-state index is -0.0831. The van der Waals surface area contributed by atoms with Crippen LogP contribution in [0.4, 0.5) is 0 Å². The van der Waals surface area contributed by atoms with Crippen molar-refractivity contribution in [3.63, 3.8) is 0 Å². The fourth-order valence-corrected chi connectivity index (χ4v) is 1.69. The normalized spacial score (nSPS) is 12.1. The van der Waals surface area contributed by atoms with E-state index in [1.807, 2.05) is 19.1 Å². The number of nitriles is 1. The van der Waals surface area contributed by atoms with Crippen LogP contribution in [-0.4, -0.2) is 10.2 Å². The average molecular weight is 193 g/mol. The molecule has 0 fully saturated rings. The molecular weight excluding hydrogens is 182 g/mol. The van der Waals surface area contributed by atoms with Gasteiger partial charge in [0.1, 0.15) is 5.03 Å². The van der Waals surface area contributed by atoms with Gasteiger partial charge in [0, 0.05) is 12.7 Å². The number of thioether (sulfide) groups is 1. The van der Waals surface area contributed by atoms with E-state index < -0.39 is 0 Å². The van der Waals surface area contributed by atoms with Crippen LogP contribution in [0.2, 0.25) is 0 Å². The fraction of sp³-hybridized carbons (Fsp3) is 0.333. The lowest BCUT2D eigenvalue weighted by Gasteiger charge is -2.05. The van der Waals surface area contributed by atoms with E-state index in [1.54, 1.807) is 6.20 Å². The quantitative estimate of drug-likeness (QED) is 0.740. The molecule has 0 aromatic carbocycles. The number of hydrogen-bond donors (Lipinski definition) is 1. The molecule has 0 aliphatic carbocycles. The molecule has 68 valence electrons. The van der Waals surface area contributed by atoms with Crippen LogP contribution in [0, 0.1) is 11.3 Å².